The minimum absolute atomic E-state index is 0.146. The topological polar surface area (TPSA) is 106 Å². The van der Waals surface area contributed by atoms with E-state index in [0.717, 1.165) is 49.9 Å². The van der Waals surface area contributed by atoms with Crippen LogP contribution in [0.4, 0.5) is 0 Å². The van der Waals surface area contributed by atoms with Crippen LogP contribution in [0.25, 0.3) is 22.4 Å². The van der Waals surface area contributed by atoms with Crippen molar-refractivity contribution in [2.75, 3.05) is 39.3 Å². The Balaban J connectivity index is 1.95. The first-order valence-electron chi connectivity index (χ1n) is 13.6. The largest absolute Gasteiger partial charge is 0.496 e. The zero-order valence-electron chi connectivity index (χ0n) is 23.2. The lowest BCUT2D eigenvalue weighted by molar-refractivity contribution is -0.117. The van der Waals surface area contributed by atoms with Gasteiger partial charge >= 0.3 is 5.97 Å². The van der Waals surface area contributed by atoms with Crippen LogP contribution in [0.2, 0.25) is 0 Å². The molecule has 39 heavy (non-hydrogen) atoms. The van der Waals surface area contributed by atoms with Crippen molar-refractivity contribution in [3.05, 3.63) is 53.7 Å². The highest BCUT2D eigenvalue weighted by Crippen LogP contribution is 2.47. The first kappa shape index (κ1) is 28.2. The van der Waals surface area contributed by atoms with Crippen LogP contribution in [0, 0.1) is 0 Å². The number of carboxylic acids is 1. The van der Waals surface area contributed by atoms with Gasteiger partial charge in [-0.15, -0.1) is 5.10 Å². The van der Waals surface area contributed by atoms with Crippen LogP contribution in [-0.4, -0.2) is 65.6 Å². The summed E-state index contributed by atoms with van der Waals surface area (Å²) >= 11 is 0. The van der Waals surface area contributed by atoms with Crippen LogP contribution in [0.15, 0.2) is 42.5 Å². The monoisotopic (exact) mass is 534 g/mol. The number of benzene rings is 2. The second-order valence-electron chi connectivity index (χ2n) is 9.71. The van der Waals surface area contributed by atoms with E-state index in [2.05, 4.69) is 21.5 Å². The minimum Gasteiger partial charge on any atom is -0.496 e. The van der Waals surface area contributed by atoms with Gasteiger partial charge in [0, 0.05) is 18.5 Å². The molecule has 1 amide bonds. The predicted octanol–water partition coefficient (Wildman–Crippen LogP) is 5.39. The summed E-state index contributed by atoms with van der Waals surface area (Å²) in [5.41, 5.74) is 5.93. The molecular formula is C30H38N4O5. The van der Waals surface area contributed by atoms with Gasteiger partial charge in [-0.2, -0.15) is 4.79 Å². The summed E-state index contributed by atoms with van der Waals surface area (Å²) in [4.78, 5) is 29.2. The summed E-state index contributed by atoms with van der Waals surface area (Å²) in [6.45, 7) is 6.35. The van der Waals surface area contributed by atoms with Gasteiger partial charge in [0.2, 0.25) is 5.91 Å². The predicted molar refractivity (Wildman–Crippen MR) is 151 cm³/mol. The SMILES string of the molecule is CCN(CC)CCC(=O)Nn1nc(C(=O)O)c(-c2ccccc2C2CCCC2)c1-c1c(OC)cccc1OC. The van der Waals surface area contributed by atoms with Crippen LogP contribution in [0.5, 0.6) is 11.5 Å². The number of rotatable bonds is 12. The maximum atomic E-state index is 13.1. The van der Waals surface area contributed by atoms with Gasteiger partial charge in [0.1, 0.15) is 17.2 Å². The molecule has 0 unspecified atom stereocenters. The lowest BCUT2D eigenvalue weighted by Gasteiger charge is -2.20. The lowest BCUT2D eigenvalue weighted by Crippen LogP contribution is -2.31. The van der Waals surface area contributed by atoms with Crippen molar-refractivity contribution in [3.63, 3.8) is 0 Å². The molecule has 1 aliphatic rings. The van der Waals surface area contributed by atoms with E-state index in [1.807, 2.05) is 32.0 Å². The number of carbonyl (C=O) groups excluding carboxylic acids is 1. The Kier molecular flexibility index (Phi) is 9.24. The van der Waals surface area contributed by atoms with Crippen LogP contribution < -0.4 is 14.9 Å². The molecule has 2 N–H and O–H groups in total. The summed E-state index contributed by atoms with van der Waals surface area (Å²) < 4.78 is 11.4. The molecule has 2 aromatic carbocycles. The Labute approximate surface area is 229 Å². The van der Waals surface area contributed by atoms with Gasteiger partial charge in [0.15, 0.2) is 5.69 Å². The number of methoxy groups -OCH3 is 2. The fraction of sp³-hybridized carbons (Fsp3) is 0.433. The van der Waals surface area contributed by atoms with E-state index in [4.69, 9.17) is 9.47 Å². The van der Waals surface area contributed by atoms with Gasteiger partial charge in [-0.3, -0.25) is 4.79 Å². The lowest BCUT2D eigenvalue weighted by atomic mass is 9.87. The molecule has 3 aromatic rings. The number of aromatic nitrogens is 2. The van der Waals surface area contributed by atoms with Gasteiger partial charge in [-0.05, 0) is 55.1 Å². The average Bonchev–Trinajstić information content (AvgIpc) is 3.62. The van der Waals surface area contributed by atoms with Gasteiger partial charge in [0.05, 0.1) is 19.8 Å². The van der Waals surface area contributed by atoms with E-state index >= 15 is 0 Å². The molecule has 0 aliphatic heterocycles. The molecule has 0 bridgehead atoms. The zero-order chi connectivity index (χ0) is 27.9. The third-order valence-electron chi connectivity index (χ3n) is 7.56. The maximum absolute atomic E-state index is 13.1. The smallest absolute Gasteiger partial charge is 0.357 e. The van der Waals surface area contributed by atoms with Crippen LogP contribution >= 0.6 is 0 Å². The van der Waals surface area contributed by atoms with Crippen molar-refractivity contribution in [1.82, 2.24) is 14.8 Å². The Bertz CT molecular complexity index is 1290. The zero-order valence-corrected chi connectivity index (χ0v) is 23.2. The van der Waals surface area contributed by atoms with Crippen molar-refractivity contribution in [2.45, 2.75) is 51.9 Å². The second kappa shape index (κ2) is 12.8. The molecule has 1 aromatic heterocycles. The highest BCUT2D eigenvalue weighted by Gasteiger charge is 2.32. The molecule has 1 heterocycles. The standard InChI is InChI=1S/C30H38N4O5/c1-5-33(6-2)19-18-25(35)31-34-29(27-23(38-3)16-11-17-24(27)39-4)26(28(32-34)30(36)37)22-15-10-9-14-21(22)20-12-7-8-13-20/h9-11,14-17,20H,5-8,12-13,18-19H2,1-4H3,(H,31,35)(H,36,37). The molecule has 9 nitrogen and oxygen atoms in total. The molecule has 9 heteroatoms. The van der Waals surface area contributed by atoms with Gasteiger partial charge < -0.3 is 19.5 Å². The van der Waals surface area contributed by atoms with Crippen molar-refractivity contribution < 1.29 is 24.2 Å². The quantitative estimate of drug-likeness (QED) is 0.321. The molecule has 1 saturated carbocycles. The average molecular weight is 535 g/mol. The Morgan fingerprint density at radius 1 is 1.00 bits per heavy atom. The number of nitrogens with one attached hydrogen (secondary N) is 1. The van der Waals surface area contributed by atoms with E-state index in [9.17, 15) is 14.7 Å². The van der Waals surface area contributed by atoms with Crippen molar-refractivity contribution in [2.24, 2.45) is 0 Å². The van der Waals surface area contributed by atoms with Gasteiger partial charge in [-0.25, -0.2) is 10.2 Å². The highest BCUT2D eigenvalue weighted by molar-refractivity contribution is 6.02. The van der Waals surface area contributed by atoms with Crippen molar-refractivity contribution >= 4 is 11.9 Å². The van der Waals surface area contributed by atoms with Crippen LogP contribution in [-0.2, 0) is 4.79 Å². The number of amides is 1. The fourth-order valence-electron chi connectivity index (χ4n) is 5.51. The van der Waals surface area contributed by atoms with Crippen molar-refractivity contribution in [3.8, 4) is 33.9 Å². The molecular weight excluding hydrogens is 496 g/mol. The third-order valence-corrected chi connectivity index (χ3v) is 7.56. The normalized spacial score (nSPS) is 13.6. The fourth-order valence-corrected chi connectivity index (χ4v) is 5.51. The van der Waals surface area contributed by atoms with E-state index in [1.54, 1.807) is 32.4 Å². The van der Waals surface area contributed by atoms with Crippen LogP contribution in [0.1, 0.15) is 67.9 Å². The van der Waals surface area contributed by atoms with E-state index < -0.39 is 5.97 Å². The molecule has 4 rings (SSSR count). The Morgan fingerprint density at radius 2 is 1.64 bits per heavy atom. The summed E-state index contributed by atoms with van der Waals surface area (Å²) in [7, 11) is 3.10. The van der Waals surface area contributed by atoms with Crippen LogP contribution in [0.3, 0.4) is 0 Å². The molecule has 0 spiro atoms. The number of hydrogen-bond acceptors (Lipinski definition) is 6. The second-order valence-corrected chi connectivity index (χ2v) is 9.71. The van der Waals surface area contributed by atoms with E-state index in [1.165, 1.54) is 4.79 Å². The Morgan fingerprint density at radius 3 is 2.23 bits per heavy atom. The molecule has 0 saturated heterocycles. The number of ether oxygens (including phenoxy) is 2. The van der Waals surface area contributed by atoms with Gasteiger partial charge in [0.25, 0.3) is 0 Å². The molecule has 0 radical (unpaired) electrons. The van der Waals surface area contributed by atoms with Gasteiger partial charge in [-0.1, -0.05) is 57.0 Å². The van der Waals surface area contributed by atoms with E-state index in [0.29, 0.717) is 40.8 Å². The molecule has 1 fully saturated rings. The maximum Gasteiger partial charge on any atom is 0.357 e. The first-order chi connectivity index (χ1) is 18.9. The molecule has 208 valence electrons. The summed E-state index contributed by atoms with van der Waals surface area (Å²) in [6.07, 6.45) is 4.60. The summed E-state index contributed by atoms with van der Waals surface area (Å²) in [5, 5.41) is 14.8. The number of nitrogens with zero attached hydrogens (tertiary/aromatic N) is 3. The third kappa shape index (κ3) is 5.93. The number of aromatic carboxylic acids is 1. The highest BCUT2D eigenvalue weighted by atomic mass is 16.5. The first-order valence-corrected chi connectivity index (χ1v) is 13.6. The molecule has 1 aliphatic carbocycles. The number of carboxylic acid groups (broad SMARTS) is 1. The summed E-state index contributed by atoms with van der Waals surface area (Å²) in [6, 6.07) is 13.3. The van der Waals surface area contributed by atoms with E-state index in [-0.39, 0.29) is 18.0 Å². The number of hydrogen-bond donors (Lipinski definition) is 2. The minimum atomic E-state index is -1.18. The van der Waals surface area contributed by atoms with Crippen molar-refractivity contribution in [1.29, 1.82) is 0 Å². The number of carbonyl (C=O) groups is 2. The Hall–Kier alpha value is -3.85. The summed E-state index contributed by atoms with van der Waals surface area (Å²) in [5.74, 6) is -0.180. The molecule has 0 atom stereocenters.